The van der Waals surface area contributed by atoms with Gasteiger partial charge in [0, 0.05) is 16.9 Å². The van der Waals surface area contributed by atoms with Gasteiger partial charge in [-0.3, -0.25) is 0 Å². The van der Waals surface area contributed by atoms with Gasteiger partial charge in [-0.25, -0.2) is 0 Å². The SMILES string of the molecule is CSC1(CNc2c(C)c(Cl)nc3ncnn23)CCC1. The van der Waals surface area contributed by atoms with Crippen molar-refractivity contribution in [3.05, 3.63) is 17.0 Å². The van der Waals surface area contributed by atoms with Crippen LogP contribution in [-0.2, 0) is 0 Å². The Morgan fingerprint density at radius 3 is 2.95 bits per heavy atom. The largest absolute Gasteiger partial charge is 0.368 e. The molecule has 2 aromatic rings. The molecule has 1 aliphatic carbocycles. The lowest BCUT2D eigenvalue weighted by atomic mass is 9.84. The Morgan fingerprint density at radius 1 is 1.53 bits per heavy atom. The molecule has 102 valence electrons. The standard InChI is InChI=1S/C12H16ClN5S/c1-8-9(13)17-11-15-7-16-18(11)10(8)14-6-12(19-2)4-3-5-12/h7,14H,3-6H2,1-2H3. The van der Waals surface area contributed by atoms with E-state index in [0.29, 0.717) is 15.7 Å². The van der Waals surface area contributed by atoms with E-state index in [4.69, 9.17) is 11.6 Å². The third-order valence-electron chi connectivity index (χ3n) is 3.88. The minimum absolute atomic E-state index is 0.356. The van der Waals surface area contributed by atoms with E-state index in [2.05, 4.69) is 26.6 Å². The number of hydrogen-bond donors (Lipinski definition) is 1. The van der Waals surface area contributed by atoms with Crippen LogP contribution in [0.5, 0.6) is 0 Å². The zero-order chi connectivity index (χ0) is 13.5. The van der Waals surface area contributed by atoms with Crippen molar-refractivity contribution in [2.24, 2.45) is 0 Å². The number of fused-ring (bicyclic) bond motifs is 1. The lowest BCUT2D eigenvalue weighted by Gasteiger charge is -2.40. The normalized spacial score (nSPS) is 17.4. The van der Waals surface area contributed by atoms with E-state index < -0.39 is 0 Å². The quantitative estimate of drug-likeness (QED) is 0.880. The molecule has 0 atom stereocenters. The zero-order valence-electron chi connectivity index (χ0n) is 11.0. The van der Waals surface area contributed by atoms with Crippen LogP contribution in [0.2, 0.25) is 5.15 Å². The van der Waals surface area contributed by atoms with E-state index in [-0.39, 0.29) is 0 Å². The number of anilines is 1. The van der Waals surface area contributed by atoms with Gasteiger partial charge in [0.25, 0.3) is 5.78 Å². The molecule has 1 aliphatic rings. The Hall–Kier alpha value is -1.01. The Morgan fingerprint density at radius 2 is 2.32 bits per heavy atom. The van der Waals surface area contributed by atoms with Crippen molar-refractivity contribution in [3.8, 4) is 0 Å². The molecule has 1 N–H and O–H groups in total. The Labute approximate surface area is 121 Å². The average molecular weight is 298 g/mol. The van der Waals surface area contributed by atoms with Gasteiger partial charge >= 0.3 is 0 Å². The monoisotopic (exact) mass is 297 g/mol. The lowest BCUT2D eigenvalue weighted by Crippen LogP contribution is -2.40. The molecule has 0 aliphatic heterocycles. The summed E-state index contributed by atoms with van der Waals surface area (Å²) in [4.78, 5) is 8.30. The molecule has 0 amide bonds. The molecule has 1 saturated carbocycles. The molecule has 0 bridgehead atoms. The highest BCUT2D eigenvalue weighted by Gasteiger charge is 2.36. The highest BCUT2D eigenvalue weighted by atomic mass is 35.5. The van der Waals surface area contributed by atoms with Gasteiger partial charge in [0.2, 0.25) is 0 Å². The van der Waals surface area contributed by atoms with Crippen LogP contribution >= 0.6 is 23.4 Å². The minimum atomic E-state index is 0.356. The topological polar surface area (TPSA) is 55.1 Å². The fourth-order valence-electron chi connectivity index (χ4n) is 2.37. The molecule has 1 fully saturated rings. The van der Waals surface area contributed by atoms with E-state index >= 15 is 0 Å². The third kappa shape index (κ3) is 2.17. The molecule has 0 radical (unpaired) electrons. The summed E-state index contributed by atoms with van der Waals surface area (Å²) in [5, 5.41) is 8.18. The molecular weight excluding hydrogens is 282 g/mol. The van der Waals surface area contributed by atoms with E-state index in [1.807, 2.05) is 18.7 Å². The summed E-state index contributed by atoms with van der Waals surface area (Å²) in [6.07, 6.45) is 7.52. The molecule has 3 rings (SSSR count). The van der Waals surface area contributed by atoms with Gasteiger partial charge in [-0.1, -0.05) is 18.0 Å². The first-order valence-corrected chi connectivity index (χ1v) is 7.90. The summed E-state index contributed by atoms with van der Waals surface area (Å²) >= 11 is 8.08. The minimum Gasteiger partial charge on any atom is -0.368 e. The Kier molecular flexibility index (Phi) is 3.30. The van der Waals surface area contributed by atoms with Crippen LogP contribution in [0, 0.1) is 6.92 Å². The molecule has 7 heteroatoms. The van der Waals surface area contributed by atoms with Crippen LogP contribution in [0.1, 0.15) is 24.8 Å². The summed E-state index contributed by atoms with van der Waals surface area (Å²) in [6, 6.07) is 0. The summed E-state index contributed by atoms with van der Waals surface area (Å²) in [5.41, 5.74) is 0.912. The predicted octanol–water partition coefficient (Wildman–Crippen LogP) is 2.78. The van der Waals surface area contributed by atoms with Gasteiger partial charge in [0.1, 0.15) is 17.3 Å². The van der Waals surface area contributed by atoms with Gasteiger partial charge in [-0.15, -0.1) is 0 Å². The van der Waals surface area contributed by atoms with Gasteiger partial charge in [-0.2, -0.15) is 31.3 Å². The summed E-state index contributed by atoms with van der Waals surface area (Å²) in [5.74, 6) is 1.43. The highest BCUT2D eigenvalue weighted by molar-refractivity contribution is 8.00. The number of hydrogen-bond acceptors (Lipinski definition) is 5. The van der Waals surface area contributed by atoms with Crippen molar-refractivity contribution in [1.82, 2.24) is 19.6 Å². The first kappa shape index (κ1) is 13.0. The molecule has 0 saturated heterocycles. The van der Waals surface area contributed by atoms with Gasteiger partial charge < -0.3 is 5.32 Å². The number of rotatable bonds is 4. The number of thioether (sulfide) groups is 1. The third-order valence-corrected chi connectivity index (χ3v) is 5.67. The second-order valence-corrected chi connectivity index (χ2v) is 6.57. The first-order chi connectivity index (χ1) is 9.15. The number of nitrogens with one attached hydrogen (secondary N) is 1. The molecule has 5 nitrogen and oxygen atoms in total. The van der Waals surface area contributed by atoms with Crippen molar-refractivity contribution in [2.75, 3.05) is 18.1 Å². The number of aromatic nitrogens is 4. The fourth-order valence-corrected chi connectivity index (χ4v) is 3.45. The van der Waals surface area contributed by atoms with Crippen LogP contribution in [0.15, 0.2) is 6.33 Å². The van der Waals surface area contributed by atoms with Crippen molar-refractivity contribution >= 4 is 35.0 Å². The summed E-state index contributed by atoms with van der Waals surface area (Å²) in [6.45, 7) is 2.87. The van der Waals surface area contributed by atoms with Crippen LogP contribution < -0.4 is 5.32 Å². The van der Waals surface area contributed by atoms with Gasteiger partial charge in [0.15, 0.2) is 0 Å². The van der Waals surface area contributed by atoms with E-state index in [1.165, 1.54) is 25.6 Å². The van der Waals surface area contributed by atoms with E-state index in [0.717, 1.165) is 17.9 Å². The van der Waals surface area contributed by atoms with Crippen LogP contribution in [0.25, 0.3) is 5.78 Å². The summed E-state index contributed by atoms with van der Waals surface area (Å²) in [7, 11) is 0. The van der Waals surface area contributed by atoms with E-state index in [1.54, 1.807) is 4.52 Å². The van der Waals surface area contributed by atoms with Gasteiger partial charge in [0.05, 0.1) is 0 Å². The Bertz CT molecular complexity index is 602. The van der Waals surface area contributed by atoms with Crippen molar-refractivity contribution in [3.63, 3.8) is 0 Å². The molecule has 0 aromatic carbocycles. The smallest absolute Gasteiger partial charge is 0.255 e. The van der Waals surface area contributed by atoms with Crippen LogP contribution in [0.3, 0.4) is 0 Å². The van der Waals surface area contributed by atoms with Crippen molar-refractivity contribution in [1.29, 1.82) is 0 Å². The van der Waals surface area contributed by atoms with Crippen molar-refractivity contribution < 1.29 is 0 Å². The predicted molar refractivity (Wildman–Crippen MR) is 79.1 cm³/mol. The molecule has 2 heterocycles. The van der Waals surface area contributed by atoms with Crippen LogP contribution in [0.4, 0.5) is 5.82 Å². The molecule has 19 heavy (non-hydrogen) atoms. The number of nitrogens with zero attached hydrogens (tertiary/aromatic N) is 4. The lowest BCUT2D eigenvalue weighted by molar-refractivity contribution is 0.379. The fraction of sp³-hybridized carbons (Fsp3) is 0.583. The molecular formula is C12H16ClN5S. The molecule has 0 spiro atoms. The zero-order valence-corrected chi connectivity index (χ0v) is 12.6. The number of halogens is 1. The van der Waals surface area contributed by atoms with Crippen LogP contribution in [-0.4, -0.2) is 37.1 Å². The van der Waals surface area contributed by atoms with Gasteiger partial charge in [-0.05, 0) is 26.0 Å². The average Bonchev–Trinajstić information content (AvgIpc) is 2.80. The highest BCUT2D eigenvalue weighted by Crippen LogP contribution is 2.42. The maximum Gasteiger partial charge on any atom is 0.255 e. The second kappa shape index (κ2) is 4.83. The molecule has 0 unspecified atom stereocenters. The Balaban J connectivity index is 1.91. The van der Waals surface area contributed by atoms with E-state index in [9.17, 15) is 0 Å². The maximum absolute atomic E-state index is 6.14. The maximum atomic E-state index is 6.14. The summed E-state index contributed by atoms with van der Waals surface area (Å²) < 4.78 is 2.07. The first-order valence-electron chi connectivity index (χ1n) is 6.30. The second-order valence-electron chi connectivity index (χ2n) is 4.94. The van der Waals surface area contributed by atoms with Crippen molar-refractivity contribution in [2.45, 2.75) is 30.9 Å². The molecule has 2 aromatic heterocycles.